The van der Waals surface area contributed by atoms with E-state index in [4.69, 9.17) is 14.2 Å². The Morgan fingerprint density at radius 2 is 1.63 bits per heavy atom. The summed E-state index contributed by atoms with van der Waals surface area (Å²) < 4.78 is 15.1. The molecule has 0 fully saturated rings. The molecule has 1 atom stereocenters. The summed E-state index contributed by atoms with van der Waals surface area (Å²) in [5.41, 5.74) is -0.178. The van der Waals surface area contributed by atoms with Gasteiger partial charge in [0.05, 0.1) is 13.2 Å². The first-order chi connectivity index (χ1) is 9.06. The van der Waals surface area contributed by atoms with Crippen LogP contribution in [-0.4, -0.2) is 41.7 Å². The van der Waals surface area contributed by atoms with E-state index in [1.165, 1.54) is 0 Å². The third-order valence-electron chi connectivity index (χ3n) is 2.70. The number of ether oxygens (including phenoxy) is 3. The minimum absolute atomic E-state index is 0.178. The molecule has 1 unspecified atom stereocenters. The number of Topliss-reactive ketones (excluding diaryl/α,β-unsaturated/α-hetero) is 1. The van der Waals surface area contributed by atoms with Gasteiger partial charge in [-0.3, -0.25) is 4.79 Å². The van der Waals surface area contributed by atoms with Crippen LogP contribution < -0.4 is 0 Å². The van der Waals surface area contributed by atoms with E-state index in [0.717, 1.165) is 25.7 Å². The van der Waals surface area contributed by atoms with E-state index in [-0.39, 0.29) is 5.54 Å². The number of hydrogen-bond donors (Lipinski definition) is 0. The SMILES string of the molecule is CCCCCC([SiH3])C(=O)C(=O)OC(OCC)OCC. The van der Waals surface area contributed by atoms with Gasteiger partial charge in [0.25, 0.3) is 0 Å². The standard InChI is InChI=1S/C13H26O5Si/c1-4-7-8-9-10(19)11(14)12(15)18-13(16-5-2)17-6-3/h10,13H,4-9H2,1-3,19H3. The van der Waals surface area contributed by atoms with Crippen LogP contribution in [0.2, 0.25) is 5.54 Å². The summed E-state index contributed by atoms with van der Waals surface area (Å²) in [6.07, 6.45) is 3.93. The van der Waals surface area contributed by atoms with E-state index >= 15 is 0 Å². The van der Waals surface area contributed by atoms with Gasteiger partial charge in [-0.2, -0.15) is 0 Å². The van der Waals surface area contributed by atoms with Crippen molar-refractivity contribution in [3.05, 3.63) is 0 Å². The fraction of sp³-hybridized carbons (Fsp3) is 0.846. The van der Waals surface area contributed by atoms with Crippen LogP contribution in [-0.2, 0) is 23.8 Å². The summed E-state index contributed by atoms with van der Waals surface area (Å²) in [7, 11) is 0.661. The number of ketones is 1. The lowest BCUT2D eigenvalue weighted by Crippen LogP contribution is -2.30. The smallest absolute Gasteiger partial charge is 0.378 e. The molecule has 0 amide bonds. The van der Waals surface area contributed by atoms with Crippen molar-refractivity contribution in [3.8, 4) is 0 Å². The molecule has 0 aliphatic carbocycles. The lowest BCUT2D eigenvalue weighted by atomic mass is 10.1. The highest BCUT2D eigenvalue weighted by Crippen LogP contribution is 2.14. The fourth-order valence-electron chi connectivity index (χ4n) is 1.57. The zero-order valence-corrected chi connectivity index (χ0v) is 14.4. The average Bonchev–Trinajstić information content (AvgIpc) is 2.38. The maximum Gasteiger partial charge on any atom is 0.378 e. The Morgan fingerprint density at radius 1 is 1.05 bits per heavy atom. The zero-order valence-electron chi connectivity index (χ0n) is 12.4. The Balaban J connectivity index is 4.18. The van der Waals surface area contributed by atoms with Gasteiger partial charge in [-0.05, 0) is 20.3 Å². The van der Waals surface area contributed by atoms with Crippen LogP contribution in [0.3, 0.4) is 0 Å². The van der Waals surface area contributed by atoms with Gasteiger partial charge >= 0.3 is 12.4 Å². The number of carbonyl (C=O) groups excluding carboxylic acids is 2. The molecule has 0 saturated carbocycles. The molecule has 0 aliphatic heterocycles. The second kappa shape index (κ2) is 11.1. The van der Waals surface area contributed by atoms with Crippen molar-refractivity contribution in [1.29, 1.82) is 0 Å². The van der Waals surface area contributed by atoms with Crippen molar-refractivity contribution in [2.75, 3.05) is 13.2 Å². The molecule has 0 aliphatic rings. The first kappa shape index (κ1) is 18.3. The molecule has 5 nitrogen and oxygen atoms in total. The third-order valence-corrected chi connectivity index (χ3v) is 3.80. The summed E-state index contributed by atoms with van der Waals surface area (Å²) in [5.74, 6) is -1.30. The summed E-state index contributed by atoms with van der Waals surface area (Å²) in [6.45, 7) is 5.27. The Kier molecular flexibility index (Phi) is 10.7. The minimum Gasteiger partial charge on any atom is -0.405 e. The van der Waals surface area contributed by atoms with Gasteiger partial charge in [0, 0.05) is 15.8 Å². The summed E-state index contributed by atoms with van der Waals surface area (Å²) in [5, 5.41) is 0. The highest BCUT2D eigenvalue weighted by Gasteiger charge is 2.25. The van der Waals surface area contributed by atoms with Crippen LogP contribution in [0.1, 0.15) is 46.5 Å². The van der Waals surface area contributed by atoms with Crippen molar-refractivity contribution in [1.82, 2.24) is 0 Å². The average molecular weight is 290 g/mol. The first-order valence-corrected chi connectivity index (χ1v) is 8.20. The van der Waals surface area contributed by atoms with Crippen LogP contribution in [0, 0.1) is 0 Å². The first-order valence-electron chi connectivity index (χ1n) is 7.04. The number of unbranched alkanes of at least 4 members (excludes halogenated alkanes) is 2. The number of carbonyl (C=O) groups is 2. The molecule has 19 heavy (non-hydrogen) atoms. The lowest BCUT2D eigenvalue weighted by Gasteiger charge is -2.17. The predicted octanol–water partition coefficient (Wildman–Crippen LogP) is 1.19. The molecular formula is C13H26O5Si. The number of hydrogen-bond acceptors (Lipinski definition) is 5. The second-order valence-electron chi connectivity index (χ2n) is 4.37. The summed E-state index contributed by atoms with van der Waals surface area (Å²) >= 11 is 0. The highest BCUT2D eigenvalue weighted by atomic mass is 28.1. The van der Waals surface area contributed by atoms with Crippen molar-refractivity contribution >= 4 is 22.0 Å². The van der Waals surface area contributed by atoms with Gasteiger partial charge in [-0.25, -0.2) is 4.79 Å². The number of rotatable bonds is 11. The number of esters is 1. The van der Waals surface area contributed by atoms with Gasteiger partial charge in [0.2, 0.25) is 5.78 Å². The molecule has 0 rings (SSSR count). The summed E-state index contributed by atoms with van der Waals surface area (Å²) in [6, 6.07) is 0. The maximum atomic E-state index is 11.8. The van der Waals surface area contributed by atoms with E-state index in [9.17, 15) is 9.59 Å². The molecular weight excluding hydrogens is 264 g/mol. The molecule has 0 N–H and O–H groups in total. The van der Waals surface area contributed by atoms with Gasteiger partial charge in [0.1, 0.15) is 0 Å². The topological polar surface area (TPSA) is 61.8 Å². The molecule has 0 radical (unpaired) electrons. The Labute approximate surface area is 118 Å². The molecule has 0 saturated heterocycles. The Hall–Kier alpha value is -0.723. The molecule has 0 bridgehead atoms. The van der Waals surface area contributed by atoms with Gasteiger partial charge in [-0.15, -0.1) is 0 Å². The molecule has 6 heteroatoms. The molecule has 0 heterocycles. The molecule has 0 aromatic heterocycles. The van der Waals surface area contributed by atoms with Crippen LogP contribution in [0.4, 0.5) is 0 Å². The lowest BCUT2D eigenvalue weighted by molar-refractivity contribution is -0.271. The van der Waals surface area contributed by atoms with Crippen molar-refractivity contribution in [2.45, 2.75) is 58.5 Å². The van der Waals surface area contributed by atoms with Gasteiger partial charge in [-0.1, -0.05) is 26.2 Å². The van der Waals surface area contributed by atoms with Crippen molar-refractivity contribution < 1.29 is 23.8 Å². The molecule has 0 spiro atoms. The quantitative estimate of drug-likeness (QED) is 0.188. The van der Waals surface area contributed by atoms with Crippen LogP contribution in [0.5, 0.6) is 0 Å². The fourth-order valence-corrected chi connectivity index (χ4v) is 2.21. The highest BCUT2D eigenvalue weighted by molar-refractivity contribution is 6.44. The predicted molar refractivity (Wildman–Crippen MR) is 76.0 cm³/mol. The van der Waals surface area contributed by atoms with Gasteiger partial charge in [0.15, 0.2) is 0 Å². The van der Waals surface area contributed by atoms with E-state index in [0.29, 0.717) is 23.5 Å². The monoisotopic (exact) mass is 290 g/mol. The second-order valence-corrected chi connectivity index (χ2v) is 5.76. The van der Waals surface area contributed by atoms with E-state index < -0.39 is 18.2 Å². The normalized spacial score (nSPS) is 12.6. The summed E-state index contributed by atoms with van der Waals surface area (Å²) in [4.78, 5) is 23.5. The van der Waals surface area contributed by atoms with E-state index in [2.05, 4.69) is 6.92 Å². The third kappa shape index (κ3) is 8.13. The maximum absolute atomic E-state index is 11.8. The largest absolute Gasteiger partial charge is 0.405 e. The van der Waals surface area contributed by atoms with Gasteiger partial charge < -0.3 is 14.2 Å². The van der Waals surface area contributed by atoms with Crippen LogP contribution in [0.25, 0.3) is 0 Å². The van der Waals surface area contributed by atoms with E-state index in [1.807, 2.05) is 0 Å². The Morgan fingerprint density at radius 3 is 2.11 bits per heavy atom. The molecule has 0 aromatic carbocycles. The zero-order chi connectivity index (χ0) is 14.7. The van der Waals surface area contributed by atoms with Crippen molar-refractivity contribution in [2.24, 2.45) is 0 Å². The van der Waals surface area contributed by atoms with Crippen molar-refractivity contribution in [3.63, 3.8) is 0 Å². The van der Waals surface area contributed by atoms with Crippen LogP contribution in [0.15, 0.2) is 0 Å². The minimum atomic E-state index is -1.07. The molecule has 112 valence electrons. The van der Waals surface area contributed by atoms with E-state index in [1.54, 1.807) is 13.8 Å². The van der Waals surface area contributed by atoms with Crippen LogP contribution >= 0.6 is 0 Å². The molecule has 0 aromatic rings. The Bertz CT molecular complexity index is 264.